The maximum Gasteiger partial charge on any atom is 0.321 e. The van der Waals surface area contributed by atoms with Gasteiger partial charge in [0.15, 0.2) is 11.7 Å². The Kier molecular flexibility index (Phi) is 8.31. The smallest absolute Gasteiger partial charge is 0.321 e. The Labute approximate surface area is 184 Å². The summed E-state index contributed by atoms with van der Waals surface area (Å²) in [6.07, 6.45) is 0. The summed E-state index contributed by atoms with van der Waals surface area (Å²) in [4.78, 5) is 50.0. The van der Waals surface area contributed by atoms with Gasteiger partial charge in [-0.1, -0.05) is 28.1 Å². The Hall–Kier alpha value is -2.29. The van der Waals surface area contributed by atoms with E-state index in [0.29, 0.717) is 4.47 Å². The van der Waals surface area contributed by atoms with Crippen LogP contribution in [0, 0.1) is 22.0 Å². The summed E-state index contributed by atoms with van der Waals surface area (Å²) in [5, 5.41) is 11.6. The number of hydrogen-bond donors (Lipinski definition) is 0. The molecule has 1 aromatic carbocycles. The van der Waals surface area contributed by atoms with E-state index >= 15 is 0 Å². The number of ketones is 1. The largest absolute Gasteiger partial charge is 0.459 e. The van der Waals surface area contributed by atoms with E-state index in [9.17, 15) is 24.5 Å². The topological polar surface area (TPSA) is 113 Å². The summed E-state index contributed by atoms with van der Waals surface area (Å²) in [5.41, 5.74) is -1.81. The van der Waals surface area contributed by atoms with Crippen molar-refractivity contribution in [3.63, 3.8) is 0 Å². The quantitative estimate of drug-likeness (QED) is 0.187. The van der Waals surface area contributed by atoms with Crippen molar-refractivity contribution in [1.82, 2.24) is 0 Å². The van der Waals surface area contributed by atoms with Crippen molar-refractivity contribution in [3.8, 4) is 0 Å². The van der Waals surface area contributed by atoms with Crippen molar-refractivity contribution in [2.75, 3.05) is 0 Å². The van der Waals surface area contributed by atoms with Crippen molar-refractivity contribution >= 4 is 33.7 Å². The molecular weight excluding hydrogens is 458 g/mol. The van der Waals surface area contributed by atoms with Crippen LogP contribution < -0.4 is 0 Å². The molecule has 0 aliphatic carbocycles. The van der Waals surface area contributed by atoms with Gasteiger partial charge in [-0.25, -0.2) is 0 Å². The molecule has 0 N–H and O–H groups in total. The zero-order valence-electron chi connectivity index (χ0n) is 18.2. The van der Waals surface area contributed by atoms with E-state index in [2.05, 4.69) is 15.9 Å². The fourth-order valence-corrected chi connectivity index (χ4v) is 2.97. The van der Waals surface area contributed by atoms with Crippen LogP contribution in [0.3, 0.4) is 0 Å². The maximum atomic E-state index is 13.2. The second-order valence-corrected chi connectivity index (χ2v) is 9.88. The van der Waals surface area contributed by atoms with Crippen molar-refractivity contribution in [1.29, 1.82) is 0 Å². The van der Waals surface area contributed by atoms with Crippen LogP contribution in [0.1, 0.15) is 58.8 Å². The number of ether oxygens (including phenoxy) is 2. The van der Waals surface area contributed by atoms with Crippen LogP contribution in [0.25, 0.3) is 0 Å². The van der Waals surface area contributed by atoms with Crippen molar-refractivity contribution in [2.24, 2.45) is 11.8 Å². The minimum Gasteiger partial charge on any atom is -0.459 e. The normalized spacial score (nSPS) is 14.0. The molecule has 0 radical (unpaired) electrons. The zero-order valence-corrected chi connectivity index (χ0v) is 19.8. The Morgan fingerprint density at radius 2 is 1.33 bits per heavy atom. The summed E-state index contributed by atoms with van der Waals surface area (Å²) in [6.45, 7) is 10.8. The lowest BCUT2D eigenvalue weighted by molar-refractivity contribution is -0.525. The first-order valence-electron chi connectivity index (χ1n) is 9.42. The second kappa shape index (κ2) is 9.68. The maximum absolute atomic E-state index is 13.2. The SMILES string of the molecule is C[C@H]([C@@H](C(=O)c1ccc(Br)cc1)C(C(=O)OC(C)(C)C)C(=O)OC(C)(C)C)[N+](=O)[O-]. The Bertz CT molecular complexity index is 778. The van der Waals surface area contributed by atoms with Crippen LogP contribution in [0.15, 0.2) is 28.7 Å². The first-order valence-corrected chi connectivity index (χ1v) is 10.2. The highest BCUT2D eigenvalue weighted by Gasteiger charge is 2.50. The molecule has 0 bridgehead atoms. The number of nitro groups is 1. The van der Waals surface area contributed by atoms with Gasteiger partial charge in [0.2, 0.25) is 6.04 Å². The molecule has 8 nitrogen and oxygen atoms in total. The molecule has 0 saturated carbocycles. The lowest BCUT2D eigenvalue weighted by Crippen LogP contribution is -2.48. The number of nitrogens with zero attached hydrogens (tertiary/aromatic N) is 1. The van der Waals surface area contributed by atoms with Crippen LogP contribution in [0.4, 0.5) is 0 Å². The average Bonchev–Trinajstić information content (AvgIpc) is 2.55. The van der Waals surface area contributed by atoms with Gasteiger partial charge in [0.1, 0.15) is 17.1 Å². The molecule has 1 rings (SSSR count). The van der Waals surface area contributed by atoms with E-state index in [1.807, 2.05) is 0 Å². The van der Waals surface area contributed by atoms with Crippen LogP contribution in [-0.4, -0.2) is 39.9 Å². The Balaban J connectivity index is 3.55. The molecule has 0 aliphatic rings. The number of esters is 2. The second-order valence-electron chi connectivity index (χ2n) is 8.97. The molecule has 0 aliphatic heterocycles. The molecule has 166 valence electrons. The Morgan fingerprint density at radius 1 is 0.933 bits per heavy atom. The number of carbonyl (C=O) groups is 3. The van der Waals surface area contributed by atoms with Gasteiger partial charge < -0.3 is 9.47 Å². The summed E-state index contributed by atoms with van der Waals surface area (Å²) < 4.78 is 11.4. The highest BCUT2D eigenvalue weighted by atomic mass is 79.9. The van der Waals surface area contributed by atoms with Crippen molar-refractivity contribution in [3.05, 3.63) is 44.4 Å². The third-order valence-electron chi connectivity index (χ3n) is 3.96. The molecule has 0 aromatic heterocycles. The van der Waals surface area contributed by atoms with Crippen LogP contribution in [0.5, 0.6) is 0 Å². The molecule has 0 heterocycles. The van der Waals surface area contributed by atoms with Crippen LogP contribution in [-0.2, 0) is 19.1 Å². The molecule has 0 fully saturated rings. The van der Waals surface area contributed by atoms with Gasteiger partial charge in [-0.2, -0.15) is 0 Å². The lowest BCUT2D eigenvalue weighted by Gasteiger charge is -2.30. The number of Topliss-reactive ketones (excluding diaryl/α,β-unsaturated/α-hetero) is 1. The number of halogens is 1. The third-order valence-corrected chi connectivity index (χ3v) is 4.49. The van der Waals surface area contributed by atoms with Gasteiger partial charge in [0.25, 0.3) is 0 Å². The minimum absolute atomic E-state index is 0.133. The number of rotatable bonds is 7. The van der Waals surface area contributed by atoms with Gasteiger partial charge in [-0.3, -0.25) is 24.5 Å². The predicted molar refractivity (Wildman–Crippen MR) is 114 cm³/mol. The van der Waals surface area contributed by atoms with Gasteiger partial charge in [0.05, 0.1) is 0 Å². The van der Waals surface area contributed by atoms with Crippen LogP contribution in [0.2, 0.25) is 0 Å². The summed E-state index contributed by atoms with van der Waals surface area (Å²) >= 11 is 3.26. The summed E-state index contributed by atoms with van der Waals surface area (Å²) in [7, 11) is 0. The molecular formula is C21H28BrNO7. The first-order chi connectivity index (χ1) is 13.5. The molecule has 0 unspecified atom stereocenters. The van der Waals surface area contributed by atoms with E-state index in [4.69, 9.17) is 9.47 Å². The fraction of sp³-hybridized carbons (Fsp3) is 0.571. The molecule has 9 heteroatoms. The van der Waals surface area contributed by atoms with Gasteiger partial charge in [-0.15, -0.1) is 0 Å². The molecule has 0 spiro atoms. The standard InChI is InChI=1S/C21H28BrNO7/c1-12(23(27)28)15(17(24)13-8-10-14(22)11-9-13)16(18(25)29-20(2,3)4)19(26)30-21(5,6)7/h8-12,15-16H,1-7H3/t12-,15-/m1/s1. The highest BCUT2D eigenvalue weighted by molar-refractivity contribution is 9.10. The highest BCUT2D eigenvalue weighted by Crippen LogP contribution is 2.29. The number of hydrogen-bond acceptors (Lipinski definition) is 7. The van der Waals surface area contributed by atoms with Crippen molar-refractivity contribution in [2.45, 2.75) is 65.7 Å². The molecule has 2 atom stereocenters. The lowest BCUT2D eigenvalue weighted by atomic mass is 9.80. The monoisotopic (exact) mass is 485 g/mol. The van der Waals surface area contributed by atoms with E-state index in [0.717, 1.165) is 0 Å². The van der Waals surface area contributed by atoms with E-state index in [1.165, 1.54) is 19.1 Å². The summed E-state index contributed by atoms with van der Waals surface area (Å²) in [5.74, 6) is -6.19. The molecule has 0 amide bonds. The van der Waals surface area contributed by atoms with E-state index < -0.39 is 51.7 Å². The number of carbonyl (C=O) groups excluding carboxylic acids is 3. The molecule has 30 heavy (non-hydrogen) atoms. The third kappa shape index (κ3) is 7.51. The Morgan fingerprint density at radius 3 is 1.67 bits per heavy atom. The zero-order chi connectivity index (χ0) is 23.4. The van der Waals surface area contributed by atoms with Crippen molar-refractivity contribution < 1.29 is 28.8 Å². The minimum atomic E-state index is -1.79. The fourth-order valence-electron chi connectivity index (χ4n) is 2.71. The van der Waals surface area contributed by atoms with E-state index in [1.54, 1.807) is 53.7 Å². The number of benzene rings is 1. The predicted octanol–water partition coefficient (Wildman–Crippen LogP) is 4.21. The average molecular weight is 486 g/mol. The van der Waals surface area contributed by atoms with Gasteiger partial charge >= 0.3 is 11.9 Å². The summed E-state index contributed by atoms with van der Waals surface area (Å²) in [6, 6.07) is 4.58. The molecule has 1 aromatic rings. The van der Waals surface area contributed by atoms with Gasteiger partial charge in [-0.05, 0) is 53.7 Å². The first kappa shape index (κ1) is 25.7. The van der Waals surface area contributed by atoms with Crippen LogP contribution >= 0.6 is 15.9 Å². The van der Waals surface area contributed by atoms with Gasteiger partial charge in [0, 0.05) is 21.9 Å². The molecule has 0 saturated heterocycles. The van der Waals surface area contributed by atoms with E-state index in [-0.39, 0.29) is 5.56 Å².